The van der Waals surface area contributed by atoms with Gasteiger partial charge < -0.3 is 9.42 Å². The first-order chi connectivity index (χ1) is 16.0. The van der Waals surface area contributed by atoms with E-state index in [-0.39, 0.29) is 18.0 Å². The zero-order chi connectivity index (χ0) is 23.2. The Balaban J connectivity index is 1.21. The van der Waals surface area contributed by atoms with Crippen molar-refractivity contribution in [3.05, 3.63) is 75.7 Å². The van der Waals surface area contributed by atoms with Gasteiger partial charge in [-0.15, -0.1) is 0 Å². The summed E-state index contributed by atoms with van der Waals surface area (Å²) in [5, 5.41) is 15.2. The molecule has 0 unspecified atom stereocenters. The summed E-state index contributed by atoms with van der Waals surface area (Å²) in [4.78, 5) is 32.0. The molecule has 9 nitrogen and oxygen atoms in total. The number of carbonyl (C=O) groups excluding carboxylic acids is 1. The zero-order valence-corrected chi connectivity index (χ0v) is 18.6. The molecule has 1 saturated heterocycles. The van der Waals surface area contributed by atoms with Gasteiger partial charge in [0.15, 0.2) is 0 Å². The lowest BCUT2D eigenvalue weighted by Crippen LogP contribution is -2.49. The lowest BCUT2D eigenvalue weighted by Gasteiger charge is -2.34. The Bertz CT molecular complexity index is 1100. The highest BCUT2D eigenvalue weighted by Gasteiger charge is 2.23. The summed E-state index contributed by atoms with van der Waals surface area (Å²) in [6.07, 6.45) is 1.65. The first-order valence-electron chi connectivity index (χ1n) is 11.1. The Morgan fingerprint density at radius 1 is 1.09 bits per heavy atom. The number of nitro benzene ring substituents is 1. The number of rotatable bonds is 8. The smallest absolute Gasteiger partial charge is 0.273 e. The third-order valence-corrected chi connectivity index (χ3v) is 5.90. The van der Waals surface area contributed by atoms with E-state index in [1.807, 2.05) is 31.2 Å². The SMILES string of the molecule is Cc1ccc(-c2noc(CCCN3CCN(C(=O)Cc4ccccc4[N+](=O)[O-])CC3)n2)cc1. The van der Waals surface area contributed by atoms with E-state index in [0.717, 1.165) is 31.6 Å². The van der Waals surface area contributed by atoms with Crippen LogP contribution in [-0.2, 0) is 17.6 Å². The van der Waals surface area contributed by atoms with Crippen LogP contribution in [0.3, 0.4) is 0 Å². The van der Waals surface area contributed by atoms with Gasteiger partial charge in [-0.25, -0.2) is 0 Å². The van der Waals surface area contributed by atoms with Gasteiger partial charge >= 0.3 is 0 Å². The quantitative estimate of drug-likeness (QED) is 0.384. The summed E-state index contributed by atoms with van der Waals surface area (Å²) < 4.78 is 5.39. The van der Waals surface area contributed by atoms with Crippen molar-refractivity contribution < 1.29 is 14.2 Å². The molecule has 0 aliphatic carbocycles. The molecule has 1 aliphatic heterocycles. The molecule has 33 heavy (non-hydrogen) atoms. The van der Waals surface area contributed by atoms with Crippen molar-refractivity contribution >= 4 is 11.6 Å². The maximum atomic E-state index is 12.6. The van der Waals surface area contributed by atoms with Gasteiger partial charge in [0.05, 0.1) is 11.3 Å². The topological polar surface area (TPSA) is 106 Å². The Morgan fingerprint density at radius 3 is 2.55 bits per heavy atom. The summed E-state index contributed by atoms with van der Waals surface area (Å²) in [6, 6.07) is 14.4. The number of hydrogen-bond donors (Lipinski definition) is 0. The summed E-state index contributed by atoms with van der Waals surface area (Å²) in [5.41, 5.74) is 2.58. The van der Waals surface area contributed by atoms with E-state index < -0.39 is 4.92 Å². The standard InChI is InChI=1S/C24H27N5O4/c1-18-8-10-19(11-9-18)24-25-22(33-26-24)7-4-12-27-13-15-28(16-14-27)23(30)17-20-5-2-3-6-21(20)29(31)32/h2-3,5-6,8-11H,4,7,12-17H2,1H3. The molecule has 1 aliphatic rings. The number of para-hydroxylation sites is 1. The summed E-state index contributed by atoms with van der Waals surface area (Å²) in [5.74, 6) is 1.16. The van der Waals surface area contributed by atoms with E-state index in [1.54, 1.807) is 23.1 Å². The Hall–Kier alpha value is -3.59. The third kappa shape index (κ3) is 5.81. The average molecular weight is 450 g/mol. The van der Waals surface area contributed by atoms with Gasteiger partial charge in [-0.3, -0.25) is 19.8 Å². The van der Waals surface area contributed by atoms with Crippen molar-refractivity contribution in [2.75, 3.05) is 32.7 Å². The van der Waals surface area contributed by atoms with Crippen molar-refractivity contribution in [2.24, 2.45) is 0 Å². The number of amides is 1. The molecule has 0 bridgehead atoms. The minimum absolute atomic E-state index is 0.00366. The van der Waals surface area contributed by atoms with E-state index in [4.69, 9.17) is 4.52 Å². The molecule has 0 atom stereocenters. The molecule has 0 saturated carbocycles. The van der Waals surface area contributed by atoms with Gasteiger partial charge in [0.2, 0.25) is 17.6 Å². The Morgan fingerprint density at radius 2 is 1.82 bits per heavy atom. The molecule has 0 spiro atoms. The molecule has 1 aromatic heterocycles. The van der Waals surface area contributed by atoms with Gasteiger partial charge in [-0.05, 0) is 19.9 Å². The molecule has 172 valence electrons. The van der Waals surface area contributed by atoms with Crippen molar-refractivity contribution in [3.63, 3.8) is 0 Å². The van der Waals surface area contributed by atoms with Crippen LogP contribution in [0.4, 0.5) is 5.69 Å². The maximum absolute atomic E-state index is 12.6. The normalized spacial score (nSPS) is 14.4. The molecule has 1 fully saturated rings. The first-order valence-corrected chi connectivity index (χ1v) is 11.1. The molecule has 2 aromatic carbocycles. The predicted octanol–water partition coefficient (Wildman–Crippen LogP) is 3.27. The second kappa shape index (κ2) is 10.4. The monoisotopic (exact) mass is 449 g/mol. The maximum Gasteiger partial charge on any atom is 0.273 e. The number of nitrogens with zero attached hydrogens (tertiary/aromatic N) is 5. The van der Waals surface area contributed by atoms with Crippen LogP contribution >= 0.6 is 0 Å². The van der Waals surface area contributed by atoms with Gasteiger partial charge in [0.1, 0.15) is 0 Å². The highest BCUT2D eigenvalue weighted by Crippen LogP contribution is 2.20. The molecule has 0 N–H and O–H groups in total. The number of carbonyl (C=O) groups is 1. The highest BCUT2D eigenvalue weighted by atomic mass is 16.6. The first kappa shape index (κ1) is 22.6. The fourth-order valence-electron chi connectivity index (χ4n) is 3.96. The molecular formula is C24H27N5O4. The van der Waals surface area contributed by atoms with Crippen LogP contribution in [-0.4, -0.2) is 63.5 Å². The van der Waals surface area contributed by atoms with Crippen LogP contribution in [0.1, 0.15) is 23.4 Å². The predicted molar refractivity (Wildman–Crippen MR) is 123 cm³/mol. The lowest BCUT2D eigenvalue weighted by molar-refractivity contribution is -0.385. The largest absolute Gasteiger partial charge is 0.340 e. The van der Waals surface area contributed by atoms with Gasteiger partial charge in [-0.1, -0.05) is 53.2 Å². The van der Waals surface area contributed by atoms with Crippen LogP contribution in [0.5, 0.6) is 0 Å². The van der Waals surface area contributed by atoms with Crippen molar-refractivity contribution in [2.45, 2.75) is 26.2 Å². The lowest BCUT2D eigenvalue weighted by atomic mass is 10.1. The van der Waals surface area contributed by atoms with Gasteiger partial charge in [0.25, 0.3) is 5.69 Å². The van der Waals surface area contributed by atoms with Crippen LogP contribution < -0.4 is 0 Å². The number of hydrogen-bond acceptors (Lipinski definition) is 7. The van der Waals surface area contributed by atoms with E-state index in [1.165, 1.54) is 11.6 Å². The van der Waals surface area contributed by atoms with Gasteiger partial charge in [-0.2, -0.15) is 4.98 Å². The second-order valence-electron chi connectivity index (χ2n) is 8.27. The Labute approximate surface area is 192 Å². The summed E-state index contributed by atoms with van der Waals surface area (Å²) in [7, 11) is 0. The number of piperazine rings is 1. The van der Waals surface area contributed by atoms with E-state index in [2.05, 4.69) is 15.0 Å². The molecule has 2 heterocycles. The van der Waals surface area contributed by atoms with Crippen LogP contribution in [0.2, 0.25) is 0 Å². The minimum atomic E-state index is -0.437. The number of aryl methyl sites for hydroxylation is 2. The average Bonchev–Trinajstić information content (AvgIpc) is 3.29. The van der Waals surface area contributed by atoms with E-state index >= 15 is 0 Å². The molecule has 4 rings (SSSR count). The molecule has 0 radical (unpaired) electrons. The van der Waals surface area contributed by atoms with Crippen molar-refractivity contribution in [1.82, 2.24) is 19.9 Å². The number of aromatic nitrogens is 2. The summed E-state index contributed by atoms with van der Waals surface area (Å²) >= 11 is 0. The highest BCUT2D eigenvalue weighted by molar-refractivity contribution is 5.80. The minimum Gasteiger partial charge on any atom is -0.340 e. The number of nitro groups is 1. The molecule has 3 aromatic rings. The fourth-order valence-corrected chi connectivity index (χ4v) is 3.96. The Kier molecular flexibility index (Phi) is 7.09. The number of benzene rings is 2. The molecule has 1 amide bonds. The third-order valence-electron chi connectivity index (χ3n) is 5.90. The van der Waals surface area contributed by atoms with Crippen LogP contribution in [0, 0.1) is 17.0 Å². The fraction of sp³-hybridized carbons (Fsp3) is 0.375. The zero-order valence-electron chi connectivity index (χ0n) is 18.6. The van der Waals surface area contributed by atoms with E-state index in [0.29, 0.717) is 36.8 Å². The van der Waals surface area contributed by atoms with Crippen molar-refractivity contribution in [3.8, 4) is 11.4 Å². The second-order valence-corrected chi connectivity index (χ2v) is 8.27. The van der Waals surface area contributed by atoms with Crippen molar-refractivity contribution in [1.29, 1.82) is 0 Å². The van der Waals surface area contributed by atoms with Gasteiger partial charge in [0, 0.05) is 49.8 Å². The molecular weight excluding hydrogens is 422 g/mol. The van der Waals surface area contributed by atoms with Crippen LogP contribution in [0.25, 0.3) is 11.4 Å². The molecule has 9 heteroatoms. The van der Waals surface area contributed by atoms with E-state index in [9.17, 15) is 14.9 Å². The summed E-state index contributed by atoms with van der Waals surface area (Å²) in [6.45, 7) is 5.72. The van der Waals surface area contributed by atoms with Crippen LogP contribution in [0.15, 0.2) is 53.1 Å².